The highest BCUT2D eigenvalue weighted by Gasteiger charge is 2.06. The van der Waals surface area contributed by atoms with Crippen LogP contribution in [0.3, 0.4) is 0 Å². The van der Waals surface area contributed by atoms with Crippen molar-refractivity contribution in [1.82, 2.24) is 15.0 Å². The van der Waals surface area contributed by atoms with Crippen LogP contribution in [0.15, 0.2) is 36.4 Å². The van der Waals surface area contributed by atoms with E-state index >= 15 is 0 Å². The summed E-state index contributed by atoms with van der Waals surface area (Å²) in [6.07, 6.45) is 0.871. The number of anilines is 1. The summed E-state index contributed by atoms with van der Waals surface area (Å²) in [4.78, 5) is 0. The van der Waals surface area contributed by atoms with E-state index in [0.29, 0.717) is 6.61 Å². The van der Waals surface area contributed by atoms with Gasteiger partial charge in [-0.2, -0.15) is 0 Å². The molecule has 5 heteroatoms. The van der Waals surface area contributed by atoms with Gasteiger partial charge in [-0.05, 0) is 61.4 Å². The van der Waals surface area contributed by atoms with E-state index in [9.17, 15) is 0 Å². The van der Waals surface area contributed by atoms with Crippen LogP contribution in [0, 0.1) is 13.8 Å². The molecule has 0 amide bonds. The monoisotopic (exact) mass is 296 g/mol. The number of hydrogen-bond acceptors (Lipinski definition) is 4. The molecule has 0 aliphatic heterocycles. The number of benzene rings is 2. The van der Waals surface area contributed by atoms with Crippen LogP contribution >= 0.6 is 0 Å². The van der Waals surface area contributed by atoms with Crippen molar-refractivity contribution in [3.63, 3.8) is 0 Å². The fourth-order valence-electron chi connectivity index (χ4n) is 2.36. The molecule has 3 aromatic rings. The number of nitrogens with zero attached hydrogens (tertiary/aromatic N) is 3. The third kappa shape index (κ3) is 3.03. The summed E-state index contributed by atoms with van der Waals surface area (Å²) in [5.74, 6) is 0.837. The third-order valence-corrected chi connectivity index (χ3v) is 3.79. The minimum Gasteiger partial charge on any atom is -0.494 e. The highest BCUT2D eigenvalue weighted by atomic mass is 16.5. The van der Waals surface area contributed by atoms with Gasteiger partial charge in [0.25, 0.3) is 0 Å². The van der Waals surface area contributed by atoms with Crippen LogP contribution in [0.1, 0.15) is 17.5 Å². The van der Waals surface area contributed by atoms with Crippen molar-refractivity contribution in [3.8, 4) is 5.75 Å². The summed E-state index contributed by atoms with van der Waals surface area (Å²) >= 11 is 0. The summed E-state index contributed by atoms with van der Waals surface area (Å²) in [5, 5.41) is 8.45. The van der Waals surface area contributed by atoms with E-state index in [0.717, 1.165) is 35.4 Å². The van der Waals surface area contributed by atoms with E-state index < -0.39 is 0 Å². The summed E-state index contributed by atoms with van der Waals surface area (Å²) < 4.78 is 7.64. The van der Waals surface area contributed by atoms with Gasteiger partial charge in [-0.25, -0.2) is 4.68 Å². The smallest absolute Gasteiger partial charge is 0.119 e. The lowest BCUT2D eigenvalue weighted by Gasteiger charge is -2.07. The molecule has 0 saturated heterocycles. The van der Waals surface area contributed by atoms with Crippen LogP contribution < -0.4 is 10.5 Å². The summed E-state index contributed by atoms with van der Waals surface area (Å²) in [7, 11) is 0. The summed E-state index contributed by atoms with van der Waals surface area (Å²) in [5.41, 5.74) is 10.9. The maximum atomic E-state index is 5.70. The largest absolute Gasteiger partial charge is 0.494 e. The molecule has 1 aromatic heterocycles. The average molecular weight is 296 g/mol. The molecule has 0 aliphatic rings. The number of hydrogen-bond donors (Lipinski definition) is 1. The molecule has 0 spiro atoms. The SMILES string of the molecule is Cc1cc2nnn(CCCOc3ccc(N)cc3)c2cc1C. The third-order valence-electron chi connectivity index (χ3n) is 3.79. The van der Waals surface area contributed by atoms with Crippen LogP contribution in [-0.2, 0) is 6.54 Å². The zero-order valence-corrected chi connectivity index (χ0v) is 12.9. The van der Waals surface area contributed by atoms with E-state index in [1.807, 2.05) is 28.9 Å². The van der Waals surface area contributed by atoms with Crippen LogP contribution in [0.2, 0.25) is 0 Å². The van der Waals surface area contributed by atoms with Gasteiger partial charge in [-0.1, -0.05) is 5.21 Å². The van der Waals surface area contributed by atoms with E-state index in [4.69, 9.17) is 10.5 Å². The number of aryl methyl sites for hydroxylation is 3. The Kier molecular flexibility index (Phi) is 3.96. The normalized spacial score (nSPS) is 11.0. The zero-order valence-electron chi connectivity index (χ0n) is 12.9. The summed E-state index contributed by atoms with van der Waals surface area (Å²) in [6, 6.07) is 11.7. The van der Waals surface area contributed by atoms with Crippen LogP contribution in [0.5, 0.6) is 5.75 Å². The Balaban J connectivity index is 1.60. The molecule has 0 aliphatic carbocycles. The maximum Gasteiger partial charge on any atom is 0.119 e. The van der Waals surface area contributed by atoms with Crippen molar-refractivity contribution >= 4 is 16.7 Å². The minimum absolute atomic E-state index is 0.635. The molecular weight excluding hydrogens is 276 g/mol. The van der Waals surface area contributed by atoms with Gasteiger partial charge in [-0.3, -0.25) is 0 Å². The van der Waals surface area contributed by atoms with Gasteiger partial charge in [-0.15, -0.1) is 5.10 Å². The molecule has 0 radical (unpaired) electrons. The molecule has 1 heterocycles. The molecule has 0 saturated carbocycles. The first-order valence-corrected chi connectivity index (χ1v) is 7.42. The van der Waals surface area contributed by atoms with Crippen molar-refractivity contribution in [2.45, 2.75) is 26.8 Å². The Morgan fingerprint density at radius 2 is 1.82 bits per heavy atom. The molecule has 0 atom stereocenters. The van der Waals surface area contributed by atoms with Gasteiger partial charge in [0, 0.05) is 18.7 Å². The second kappa shape index (κ2) is 6.05. The van der Waals surface area contributed by atoms with Gasteiger partial charge in [0.2, 0.25) is 0 Å². The highest BCUT2D eigenvalue weighted by molar-refractivity contribution is 5.76. The molecule has 2 N–H and O–H groups in total. The minimum atomic E-state index is 0.635. The number of fused-ring (bicyclic) bond motifs is 1. The first kappa shape index (κ1) is 14.4. The fourth-order valence-corrected chi connectivity index (χ4v) is 2.36. The molecule has 3 rings (SSSR count). The number of aromatic nitrogens is 3. The van der Waals surface area contributed by atoms with Crippen molar-refractivity contribution in [1.29, 1.82) is 0 Å². The van der Waals surface area contributed by atoms with Gasteiger partial charge >= 0.3 is 0 Å². The molecule has 0 unspecified atom stereocenters. The predicted octanol–water partition coefficient (Wildman–Crippen LogP) is 3.10. The predicted molar refractivity (Wildman–Crippen MR) is 88.0 cm³/mol. The van der Waals surface area contributed by atoms with Crippen LogP contribution in [-0.4, -0.2) is 21.6 Å². The van der Waals surface area contributed by atoms with Crippen LogP contribution in [0.4, 0.5) is 5.69 Å². The zero-order chi connectivity index (χ0) is 15.5. The van der Waals surface area contributed by atoms with Gasteiger partial charge < -0.3 is 10.5 Å². The lowest BCUT2D eigenvalue weighted by atomic mass is 10.1. The Morgan fingerprint density at radius 3 is 2.59 bits per heavy atom. The Hall–Kier alpha value is -2.56. The van der Waals surface area contributed by atoms with Gasteiger partial charge in [0.15, 0.2) is 0 Å². The lowest BCUT2D eigenvalue weighted by molar-refractivity contribution is 0.299. The van der Waals surface area contributed by atoms with Crippen LogP contribution in [0.25, 0.3) is 11.0 Å². The number of ether oxygens (including phenoxy) is 1. The molecule has 0 bridgehead atoms. The molecular formula is C17H20N4O. The van der Waals surface area contributed by atoms with Crippen molar-refractivity contribution in [2.24, 2.45) is 0 Å². The Morgan fingerprint density at radius 1 is 1.09 bits per heavy atom. The first-order chi connectivity index (χ1) is 10.6. The van der Waals surface area contributed by atoms with E-state index in [-0.39, 0.29) is 0 Å². The molecule has 5 nitrogen and oxygen atoms in total. The molecule has 2 aromatic carbocycles. The first-order valence-electron chi connectivity index (χ1n) is 7.42. The molecule has 114 valence electrons. The second-order valence-electron chi connectivity index (χ2n) is 5.51. The van der Waals surface area contributed by atoms with Gasteiger partial charge in [0.05, 0.1) is 12.1 Å². The molecule has 0 fully saturated rings. The summed E-state index contributed by atoms with van der Waals surface area (Å²) in [6.45, 7) is 5.62. The standard InChI is InChI=1S/C17H20N4O/c1-12-10-16-17(11-13(12)2)21(20-19-16)8-3-9-22-15-6-4-14(18)5-7-15/h4-7,10-11H,3,8-9,18H2,1-2H3. The second-order valence-corrected chi connectivity index (χ2v) is 5.51. The van der Waals surface area contributed by atoms with Gasteiger partial charge in [0.1, 0.15) is 11.3 Å². The van der Waals surface area contributed by atoms with E-state index in [2.05, 4.69) is 36.3 Å². The van der Waals surface area contributed by atoms with Crippen molar-refractivity contribution < 1.29 is 4.74 Å². The highest BCUT2D eigenvalue weighted by Crippen LogP contribution is 2.17. The average Bonchev–Trinajstić information content (AvgIpc) is 2.88. The number of nitrogens with two attached hydrogens (primary N) is 1. The fraction of sp³-hybridized carbons (Fsp3) is 0.294. The maximum absolute atomic E-state index is 5.70. The Labute approximate surface area is 129 Å². The van der Waals surface area contributed by atoms with E-state index in [1.54, 1.807) is 0 Å². The van der Waals surface area contributed by atoms with Crippen molar-refractivity contribution in [2.75, 3.05) is 12.3 Å². The number of nitrogen functional groups attached to an aromatic ring is 1. The number of rotatable bonds is 5. The van der Waals surface area contributed by atoms with Crippen molar-refractivity contribution in [3.05, 3.63) is 47.5 Å². The quantitative estimate of drug-likeness (QED) is 0.580. The lowest BCUT2D eigenvalue weighted by Crippen LogP contribution is -2.06. The Bertz CT molecular complexity index is 777. The van der Waals surface area contributed by atoms with E-state index in [1.165, 1.54) is 11.1 Å². The topological polar surface area (TPSA) is 66.0 Å². The molecule has 22 heavy (non-hydrogen) atoms.